The summed E-state index contributed by atoms with van der Waals surface area (Å²) in [5.41, 5.74) is 6.30. The summed E-state index contributed by atoms with van der Waals surface area (Å²) in [6, 6.07) is 0.294. The van der Waals surface area contributed by atoms with Gasteiger partial charge in [0.1, 0.15) is 0 Å². The van der Waals surface area contributed by atoms with E-state index in [4.69, 9.17) is 5.73 Å². The molecular formula is C11H20N2S. The van der Waals surface area contributed by atoms with Crippen molar-refractivity contribution in [3.05, 3.63) is 16.6 Å². The molecule has 1 rings (SSSR count). The molecule has 14 heavy (non-hydrogen) atoms. The summed E-state index contributed by atoms with van der Waals surface area (Å²) in [7, 11) is 0. The second-order valence-electron chi connectivity index (χ2n) is 4.79. The van der Waals surface area contributed by atoms with E-state index in [0.29, 0.717) is 6.04 Å². The molecule has 80 valence electrons. The fourth-order valence-corrected chi connectivity index (χ4v) is 1.95. The molecule has 1 unspecified atom stereocenters. The van der Waals surface area contributed by atoms with Crippen molar-refractivity contribution in [2.75, 3.05) is 0 Å². The average molecular weight is 212 g/mol. The van der Waals surface area contributed by atoms with Crippen LogP contribution < -0.4 is 5.73 Å². The lowest BCUT2D eigenvalue weighted by Crippen LogP contribution is -2.34. The van der Waals surface area contributed by atoms with E-state index in [-0.39, 0.29) is 5.41 Å². The highest BCUT2D eigenvalue weighted by Crippen LogP contribution is 2.21. The minimum atomic E-state index is 0.225. The van der Waals surface area contributed by atoms with Crippen molar-refractivity contribution in [2.24, 2.45) is 11.1 Å². The van der Waals surface area contributed by atoms with E-state index >= 15 is 0 Å². The fraction of sp³-hybridized carbons (Fsp3) is 0.727. The first-order chi connectivity index (χ1) is 6.50. The Labute approximate surface area is 90.6 Å². The van der Waals surface area contributed by atoms with Crippen molar-refractivity contribution in [1.29, 1.82) is 0 Å². The first kappa shape index (κ1) is 11.7. The van der Waals surface area contributed by atoms with Gasteiger partial charge in [0.05, 0.1) is 5.01 Å². The van der Waals surface area contributed by atoms with Crippen LogP contribution in [0.5, 0.6) is 0 Å². The fourth-order valence-electron chi connectivity index (χ4n) is 1.28. The van der Waals surface area contributed by atoms with Crippen LogP contribution >= 0.6 is 11.3 Å². The van der Waals surface area contributed by atoms with Crippen molar-refractivity contribution in [1.82, 2.24) is 4.98 Å². The Morgan fingerprint density at radius 2 is 2.21 bits per heavy atom. The van der Waals surface area contributed by atoms with E-state index in [1.54, 1.807) is 11.3 Å². The quantitative estimate of drug-likeness (QED) is 0.833. The normalized spacial score (nSPS) is 14.3. The molecule has 1 aromatic heterocycles. The van der Waals surface area contributed by atoms with Gasteiger partial charge in [-0.1, -0.05) is 20.8 Å². The molecule has 0 aliphatic rings. The van der Waals surface area contributed by atoms with E-state index in [2.05, 4.69) is 25.8 Å². The highest BCUT2D eigenvalue weighted by atomic mass is 32.1. The molecule has 0 fully saturated rings. The molecule has 0 bridgehead atoms. The maximum Gasteiger partial charge on any atom is 0.0924 e. The van der Waals surface area contributed by atoms with Crippen molar-refractivity contribution in [3.63, 3.8) is 0 Å². The average Bonchev–Trinajstić information content (AvgIpc) is 2.55. The molecule has 3 heteroatoms. The largest absolute Gasteiger partial charge is 0.327 e. The minimum Gasteiger partial charge on any atom is -0.327 e. The monoisotopic (exact) mass is 212 g/mol. The molecular weight excluding hydrogens is 192 g/mol. The van der Waals surface area contributed by atoms with Gasteiger partial charge in [-0.15, -0.1) is 11.3 Å². The number of aromatic nitrogens is 1. The number of nitrogens with two attached hydrogens (primary N) is 1. The van der Waals surface area contributed by atoms with Gasteiger partial charge in [0.2, 0.25) is 0 Å². The number of aryl methyl sites for hydroxylation is 1. The van der Waals surface area contributed by atoms with Gasteiger partial charge in [-0.2, -0.15) is 0 Å². The minimum absolute atomic E-state index is 0.225. The second kappa shape index (κ2) is 4.89. The van der Waals surface area contributed by atoms with Crippen molar-refractivity contribution in [2.45, 2.75) is 46.1 Å². The third-order valence-electron chi connectivity index (χ3n) is 2.50. The van der Waals surface area contributed by atoms with Crippen LogP contribution in [-0.2, 0) is 6.42 Å². The highest BCUT2D eigenvalue weighted by Gasteiger charge is 2.19. The van der Waals surface area contributed by atoms with Gasteiger partial charge in [-0.3, -0.25) is 0 Å². The van der Waals surface area contributed by atoms with Crippen LogP contribution in [0.3, 0.4) is 0 Å². The van der Waals surface area contributed by atoms with Gasteiger partial charge < -0.3 is 5.73 Å². The third-order valence-corrected chi connectivity index (χ3v) is 3.34. The molecule has 1 aromatic rings. The van der Waals surface area contributed by atoms with Crippen LogP contribution in [0.4, 0.5) is 0 Å². The van der Waals surface area contributed by atoms with Crippen LogP contribution in [0.1, 0.15) is 38.6 Å². The highest BCUT2D eigenvalue weighted by molar-refractivity contribution is 7.09. The lowest BCUT2D eigenvalue weighted by Gasteiger charge is -2.26. The summed E-state index contributed by atoms with van der Waals surface area (Å²) in [5, 5.41) is 3.25. The predicted octanol–water partition coefficient (Wildman–Crippen LogP) is 2.84. The summed E-state index contributed by atoms with van der Waals surface area (Å²) < 4.78 is 0. The van der Waals surface area contributed by atoms with Crippen molar-refractivity contribution in [3.8, 4) is 0 Å². The van der Waals surface area contributed by atoms with Gasteiger partial charge in [-0.25, -0.2) is 4.98 Å². The number of hydrogen-bond donors (Lipinski definition) is 1. The lowest BCUT2D eigenvalue weighted by molar-refractivity contribution is 0.301. The van der Waals surface area contributed by atoms with E-state index < -0.39 is 0 Å². The summed E-state index contributed by atoms with van der Waals surface area (Å²) in [5.74, 6) is 0. The standard InChI is InChI=1S/C11H20N2S/c1-11(2,3)9(12)5-4-6-10-13-7-8-14-10/h7-9H,4-6,12H2,1-3H3. The molecule has 0 aliphatic carbocycles. The molecule has 1 atom stereocenters. The van der Waals surface area contributed by atoms with Crippen LogP contribution in [0, 0.1) is 5.41 Å². The Balaban J connectivity index is 2.22. The summed E-state index contributed by atoms with van der Waals surface area (Å²) in [6.07, 6.45) is 5.17. The first-order valence-electron chi connectivity index (χ1n) is 5.14. The van der Waals surface area contributed by atoms with Crippen LogP contribution in [0.25, 0.3) is 0 Å². The zero-order valence-corrected chi connectivity index (χ0v) is 10.1. The molecule has 2 N–H and O–H groups in total. The maximum atomic E-state index is 6.07. The molecule has 1 heterocycles. The van der Waals surface area contributed by atoms with E-state index in [1.807, 2.05) is 11.6 Å². The molecule has 0 spiro atoms. The lowest BCUT2D eigenvalue weighted by atomic mass is 9.84. The van der Waals surface area contributed by atoms with Gasteiger partial charge in [0.15, 0.2) is 0 Å². The van der Waals surface area contributed by atoms with Crippen LogP contribution in [0.2, 0.25) is 0 Å². The smallest absolute Gasteiger partial charge is 0.0924 e. The van der Waals surface area contributed by atoms with Gasteiger partial charge in [0.25, 0.3) is 0 Å². The van der Waals surface area contributed by atoms with Crippen molar-refractivity contribution < 1.29 is 0 Å². The molecule has 0 aromatic carbocycles. The molecule has 0 aliphatic heterocycles. The molecule has 0 radical (unpaired) electrons. The van der Waals surface area contributed by atoms with Gasteiger partial charge >= 0.3 is 0 Å². The number of nitrogens with zero attached hydrogens (tertiary/aromatic N) is 1. The SMILES string of the molecule is CC(C)(C)C(N)CCCc1nccs1. The number of rotatable bonds is 4. The Bertz CT molecular complexity index is 249. The Hall–Kier alpha value is -0.410. The van der Waals surface area contributed by atoms with E-state index in [9.17, 15) is 0 Å². The van der Waals surface area contributed by atoms with Crippen molar-refractivity contribution >= 4 is 11.3 Å². The molecule has 0 amide bonds. The van der Waals surface area contributed by atoms with Gasteiger partial charge in [0, 0.05) is 17.6 Å². The predicted molar refractivity (Wildman–Crippen MR) is 62.5 cm³/mol. The molecule has 0 saturated heterocycles. The molecule has 2 nitrogen and oxygen atoms in total. The van der Waals surface area contributed by atoms with E-state index in [1.165, 1.54) is 5.01 Å². The maximum absolute atomic E-state index is 6.07. The number of thiazole rings is 1. The zero-order valence-electron chi connectivity index (χ0n) is 9.29. The topological polar surface area (TPSA) is 38.9 Å². The Kier molecular flexibility index (Phi) is 4.08. The Morgan fingerprint density at radius 1 is 1.50 bits per heavy atom. The zero-order chi connectivity index (χ0) is 10.6. The third kappa shape index (κ3) is 3.76. The number of hydrogen-bond acceptors (Lipinski definition) is 3. The Morgan fingerprint density at radius 3 is 2.71 bits per heavy atom. The second-order valence-corrected chi connectivity index (χ2v) is 5.77. The van der Waals surface area contributed by atoms with E-state index in [0.717, 1.165) is 19.3 Å². The van der Waals surface area contributed by atoms with Crippen LogP contribution in [-0.4, -0.2) is 11.0 Å². The van der Waals surface area contributed by atoms with Gasteiger partial charge in [-0.05, 0) is 24.7 Å². The summed E-state index contributed by atoms with van der Waals surface area (Å²) >= 11 is 1.73. The van der Waals surface area contributed by atoms with Crippen LogP contribution in [0.15, 0.2) is 11.6 Å². The molecule has 0 saturated carbocycles. The first-order valence-corrected chi connectivity index (χ1v) is 6.02. The summed E-state index contributed by atoms with van der Waals surface area (Å²) in [6.45, 7) is 6.59. The summed E-state index contributed by atoms with van der Waals surface area (Å²) in [4.78, 5) is 4.25.